The van der Waals surface area contributed by atoms with Crippen LogP contribution < -0.4 is 0 Å². The summed E-state index contributed by atoms with van der Waals surface area (Å²) in [5.74, 6) is 5.33. The lowest BCUT2D eigenvalue weighted by Gasteiger charge is -2.60. The number of aliphatic hydroxyl groups excluding tert-OH is 1. The van der Waals surface area contributed by atoms with Crippen LogP contribution in [0.5, 0.6) is 0 Å². The highest BCUT2D eigenvalue weighted by atomic mass is 16.3. The maximum atomic E-state index is 11.1. The molecule has 5 rings (SSSR count). The molecule has 0 aromatic rings. The third kappa shape index (κ3) is 1.36. The van der Waals surface area contributed by atoms with Crippen LogP contribution in [0.2, 0.25) is 0 Å². The van der Waals surface area contributed by atoms with E-state index < -0.39 is 5.60 Å². The number of hydrogen-bond acceptors (Lipinski definition) is 2. The minimum atomic E-state index is -0.929. The van der Waals surface area contributed by atoms with Gasteiger partial charge in [0, 0.05) is 10.8 Å². The van der Waals surface area contributed by atoms with Gasteiger partial charge in [0.2, 0.25) is 0 Å². The summed E-state index contributed by atoms with van der Waals surface area (Å²) in [4.78, 5) is 0. The van der Waals surface area contributed by atoms with Crippen LogP contribution in [-0.2, 0) is 0 Å². The maximum Gasteiger partial charge on any atom is 0.130 e. The van der Waals surface area contributed by atoms with Crippen molar-refractivity contribution in [3.8, 4) is 12.3 Å². The lowest BCUT2D eigenvalue weighted by Crippen LogP contribution is -2.58. The minimum absolute atomic E-state index is 0.122. The van der Waals surface area contributed by atoms with Crippen LogP contribution in [0.4, 0.5) is 0 Å². The highest BCUT2D eigenvalue weighted by Crippen LogP contribution is 2.81. The van der Waals surface area contributed by atoms with Gasteiger partial charge in [0.1, 0.15) is 5.60 Å². The van der Waals surface area contributed by atoms with E-state index in [1.807, 2.05) is 0 Å². The molecule has 5 aliphatic rings. The molecule has 0 saturated heterocycles. The van der Waals surface area contributed by atoms with E-state index in [1.54, 1.807) is 0 Å². The molecule has 0 aromatic carbocycles. The van der Waals surface area contributed by atoms with Crippen LogP contribution in [0.15, 0.2) is 0 Å². The topological polar surface area (TPSA) is 40.5 Å². The Morgan fingerprint density at radius 1 is 1.00 bits per heavy atom. The fourth-order valence-corrected chi connectivity index (χ4v) is 8.56. The molecule has 9 atom stereocenters. The molecular weight excluding hydrogens is 284 g/mol. The summed E-state index contributed by atoms with van der Waals surface area (Å²) in [6.45, 7) is 4.72. The zero-order valence-corrected chi connectivity index (χ0v) is 14.5. The molecule has 2 nitrogen and oxygen atoms in total. The molecule has 23 heavy (non-hydrogen) atoms. The van der Waals surface area contributed by atoms with E-state index in [0.29, 0.717) is 17.3 Å². The van der Waals surface area contributed by atoms with E-state index in [9.17, 15) is 10.2 Å². The van der Waals surface area contributed by atoms with Crippen molar-refractivity contribution in [2.24, 2.45) is 39.9 Å². The van der Waals surface area contributed by atoms with Crippen molar-refractivity contribution in [1.29, 1.82) is 0 Å². The van der Waals surface area contributed by atoms with Crippen molar-refractivity contribution in [3.05, 3.63) is 0 Å². The molecule has 0 amide bonds. The van der Waals surface area contributed by atoms with Gasteiger partial charge in [-0.1, -0.05) is 19.8 Å². The van der Waals surface area contributed by atoms with Gasteiger partial charge >= 0.3 is 0 Å². The summed E-state index contributed by atoms with van der Waals surface area (Å²) < 4.78 is 0. The molecule has 5 saturated carbocycles. The average Bonchev–Trinajstić information content (AvgIpc) is 3.11. The van der Waals surface area contributed by atoms with Gasteiger partial charge in [0.25, 0.3) is 0 Å². The van der Waals surface area contributed by atoms with Crippen molar-refractivity contribution in [2.75, 3.05) is 0 Å². The molecule has 0 heterocycles. The summed E-state index contributed by atoms with van der Waals surface area (Å²) in [7, 11) is 0. The van der Waals surface area contributed by atoms with Gasteiger partial charge < -0.3 is 10.2 Å². The first-order valence-electron chi connectivity index (χ1n) is 9.71. The quantitative estimate of drug-likeness (QED) is 0.673. The van der Waals surface area contributed by atoms with Crippen molar-refractivity contribution in [3.63, 3.8) is 0 Å². The molecule has 2 heteroatoms. The van der Waals surface area contributed by atoms with Crippen LogP contribution in [0.25, 0.3) is 0 Å². The van der Waals surface area contributed by atoms with Crippen LogP contribution in [0.3, 0.4) is 0 Å². The average molecular weight is 314 g/mol. The Bertz CT molecular complexity index is 607. The van der Waals surface area contributed by atoms with Gasteiger partial charge in [-0.15, -0.1) is 6.42 Å². The first kappa shape index (κ1) is 14.8. The second kappa shape index (κ2) is 4.00. The van der Waals surface area contributed by atoms with Gasteiger partial charge in [-0.25, -0.2) is 0 Å². The molecule has 5 fully saturated rings. The van der Waals surface area contributed by atoms with Gasteiger partial charge in [-0.3, -0.25) is 0 Å². The number of rotatable bonds is 0. The molecule has 0 radical (unpaired) electrons. The fraction of sp³-hybridized carbons (Fsp3) is 0.905. The molecule has 0 unspecified atom stereocenters. The van der Waals surface area contributed by atoms with E-state index >= 15 is 0 Å². The van der Waals surface area contributed by atoms with E-state index in [2.05, 4.69) is 19.8 Å². The molecule has 0 bridgehead atoms. The van der Waals surface area contributed by atoms with Gasteiger partial charge in [-0.2, -0.15) is 0 Å². The van der Waals surface area contributed by atoms with Gasteiger partial charge in [0.05, 0.1) is 6.10 Å². The van der Waals surface area contributed by atoms with Crippen molar-refractivity contribution >= 4 is 0 Å². The van der Waals surface area contributed by atoms with Crippen LogP contribution in [0, 0.1) is 52.3 Å². The van der Waals surface area contributed by atoms with Crippen molar-refractivity contribution in [2.45, 2.75) is 76.9 Å². The number of aliphatic hydroxyl groups is 2. The Morgan fingerprint density at radius 3 is 2.35 bits per heavy atom. The Kier molecular flexibility index (Phi) is 2.57. The summed E-state index contributed by atoms with van der Waals surface area (Å²) in [6.07, 6.45) is 14.5. The van der Waals surface area contributed by atoms with Crippen LogP contribution in [0.1, 0.15) is 65.2 Å². The Hall–Kier alpha value is -0.520. The zero-order chi connectivity index (χ0) is 16.3. The highest BCUT2D eigenvalue weighted by Gasteiger charge is 2.77. The molecule has 0 aromatic heterocycles. The monoisotopic (exact) mass is 314 g/mol. The fourth-order valence-electron chi connectivity index (χ4n) is 8.56. The first-order valence-corrected chi connectivity index (χ1v) is 9.71. The molecule has 5 aliphatic carbocycles. The summed E-state index contributed by atoms with van der Waals surface area (Å²) in [5.41, 5.74) is -0.492. The summed E-state index contributed by atoms with van der Waals surface area (Å²) in [6, 6.07) is 0. The van der Waals surface area contributed by atoms with E-state index in [4.69, 9.17) is 6.42 Å². The van der Waals surface area contributed by atoms with Gasteiger partial charge in [-0.05, 0) is 80.5 Å². The second-order valence-electron chi connectivity index (χ2n) is 10.0. The predicted molar refractivity (Wildman–Crippen MR) is 89.3 cm³/mol. The third-order valence-electron chi connectivity index (χ3n) is 9.96. The van der Waals surface area contributed by atoms with Crippen molar-refractivity contribution < 1.29 is 10.2 Å². The standard InChI is InChI=1S/C21H30O2/c1-4-20(23)10-7-15-14-11-17(22)21-12-13(21)5-8-19(21,3)16(14)6-9-18(15,20)2/h1,13-17,22-23H,5-12H2,2-3H3/t13-,14+,15+,16+,17-,18+,19-,20-,21+/m1/s1. The maximum absolute atomic E-state index is 11.1. The Labute approximate surface area is 140 Å². The lowest BCUT2D eigenvalue weighted by molar-refractivity contribution is -0.163. The van der Waals surface area contributed by atoms with E-state index in [0.717, 1.165) is 37.5 Å². The molecule has 126 valence electrons. The normalized spacial score (nSPS) is 66.0. The minimum Gasteiger partial charge on any atom is -0.393 e. The van der Waals surface area contributed by atoms with Gasteiger partial charge in [0.15, 0.2) is 0 Å². The third-order valence-corrected chi connectivity index (χ3v) is 9.96. The SMILES string of the molecule is C#C[C@@]1(O)CC[C@H]2[C@@H]3C[C@@H](O)[C@]45C[C@H]4CC[C@]5(C)[C@H]3CC[C@@]21C. The van der Waals surface area contributed by atoms with Crippen molar-refractivity contribution in [1.82, 2.24) is 0 Å². The van der Waals surface area contributed by atoms with E-state index in [1.165, 1.54) is 25.7 Å². The second-order valence-corrected chi connectivity index (χ2v) is 10.0. The molecule has 1 spiro atoms. The predicted octanol–water partition coefficient (Wildman–Crippen LogP) is 3.36. The number of fused-ring (bicyclic) bond motifs is 4. The summed E-state index contributed by atoms with van der Waals surface area (Å²) in [5, 5.41) is 22.1. The smallest absolute Gasteiger partial charge is 0.130 e. The number of terminal acetylenes is 1. The highest BCUT2D eigenvalue weighted by molar-refractivity contribution is 5.28. The Balaban J connectivity index is 1.55. The Morgan fingerprint density at radius 2 is 1.65 bits per heavy atom. The first-order chi connectivity index (χ1) is 10.8. The van der Waals surface area contributed by atoms with Crippen LogP contribution >= 0.6 is 0 Å². The zero-order valence-electron chi connectivity index (χ0n) is 14.5. The van der Waals surface area contributed by atoms with Crippen LogP contribution in [-0.4, -0.2) is 21.9 Å². The molecule has 0 aliphatic heterocycles. The summed E-state index contributed by atoms with van der Waals surface area (Å²) >= 11 is 0. The van der Waals surface area contributed by atoms with E-state index in [-0.39, 0.29) is 16.9 Å². The number of hydrogen-bond donors (Lipinski definition) is 2. The lowest BCUT2D eigenvalue weighted by atomic mass is 9.45. The molecule has 2 N–H and O–H groups in total. The molecular formula is C21H30O2. The largest absolute Gasteiger partial charge is 0.393 e.